The first-order chi connectivity index (χ1) is 13.0. The predicted molar refractivity (Wildman–Crippen MR) is 102 cm³/mol. The molecule has 7 heteroatoms. The fourth-order valence-corrected chi connectivity index (χ4v) is 2.85. The smallest absolute Gasteiger partial charge is 0.280 e. The Morgan fingerprint density at radius 3 is 2.78 bits per heavy atom. The van der Waals surface area contributed by atoms with E-state index in [-0.39, 0.29) is 11.3 Å². The minimum atomic E-state index is -0.833. The molecule has 0 spiro atoms. The number of pyridine rings is 1. The van der Waals surface area contributed by atoms with Crippen LogP contribution >= 0.6 is 0 Å². The van der Waals surface area contributed by atoms with Crippen LogP contribution in [-0.4, -0.2) is 21.8 Å². The van der Waals surface area contributed by atoms with Gasteiger partial charge >= 0.3 is 0 Å². The zero-order chi connectivity index (χ0) is 19.4. The number of rotatable bonds is 5. The molecule has 0 aliphatic heterocycles. The van der Waals surface area contributed by atoms with Crippen LogP contribution in [0.3, 0.4) is 0 Å². The number of hydrogen-bond donors (Lipinski definition) is 2. The number of nitrogens with one attached hydrogen (secondary N) is 1. The molecule has 0 aliphatic rings. The van der Waals surface area contributed by atoms with Crippen LogP contribution in [0.1, 0.15) is 29.3 Å². The number of aryl methyl sites for hydroxylation is 1. The maximum atomic E-state index is 13.2. The fraction of sp³-hybridized carbons (Fsp3) is 0.150. The first-order valence-electron chi connectivity index (χ1n) is 8.46. The number of hydrogen-bond acceptors (Lipinski definition) is 4. The summed E-state index contributed by atoms with van der Waals surface area (Å²) >= 11 is 0. The first-order valence-corrected chi connectivity index (χ1v) is 8.46. The summed E-state index contributed by atoms with van der Waals surface area (Å²) < 4.78 is 14.6. The van der Waals surface area contributed by atoms with Crippen molar-refractivity contribution in [3.05, 3.63) is 75.8 Å². The van der Waals surface area contributed by atoms with Crippen LogP contribution < -0.4 is 11.0 Å². The number of carbonyl (C=O) groups is 1. The van der Waals surface area contributed by atoms with E-state index in [4.69, 9.17) is 0 Å². The zero-order valence-electron chi connectivity index (χ0n) is 14.6. The Balaban J connectivity index is 1.98. The molecule has 27 heavy (non-hydrogen) atoms. The highest BCUT2D eigenvalue weighted by atomic mass is 19.1. The lowest BCUT2D eigenvalue weighted by molar-refractivity contribution is 0.0950. The summed E-state index contributed by atoms with van der Waals surface area (Å²) in [7, 11) is 0. The molecule has 6 nitrogen and oxygen atoms in total. The molecule has 0 fully saturated rings. The van der Waals surface area contributed by atoms with Gasteiger partial charge in [0.1, 0.15) is 17.1 Å². The SMILES string of the molecule is CCCn1c(=O)c(C(=O)NN=Cc2cccc(F)c2)c(O)c2ccccc21. The molecule has 0 radical (unpaired) electrons. The van der Waals surface area contributed by atoms with Gasteiger partial charge in [0.05, 0.1) is 11.7 Å². The van der Waals surface area contributed by atoms with E-state index in [0.29, 0.717) is 29.4 Å². The lowest BCUT2D eigenvalue weighted by Gasteiger charge is -2.13. The van der Waals surface area contributed by atoms with Crippen molar-refractivity contribution in [3.63, 3.8) is 0 Å². The van der Waals surface area contributed by atoms with Gasteiger partial charge in [-0.1, -0.05) is 31.2 Å². The van der Waals surface area contributed by atoms with E-state index in [9.17, 15) is 19.1 Å². The molecule has 3 rings (SSSR count). The number of hydrazone groups is 1. The molecule has 138 valence electrons. The highest BCUT2D eigenvalue weighted by molar-refractivity contribution is 6.02. The molecule has 0 atom stereocenters. The molecule has 3 aromatic rings. The van der Waals surface area contributed by atoms with Crippen LogP contribution in [0.4, 0.5) is 4.39 Å². The molecule has 2 N–H and O–H groups in total. The largest absolute Gasteiger partial charge is 0.506 e. The van der Waals surface area contributed by atoms with Crippen molar-refractivity contribution in [3.8, 4) is 5.75 Å². The molecule has 1 heterocycles. The van der Waals surface area contributed by atoms with Gasteiger partial charge in [-0.05, 0) is 36.2 Å². The van der Waals surface area contributed by atoms with E-state index >= 15 is 0 Å². The van der Waals surface area contributed by atoms with Crippen molar-refractivity contribution in [2.24, 2.45) is 5.10 Å². The first kappa shape index (κ1) is 18.3. The Morgan fingerprint density at radius 1 is 1.26 bits per heavy atom. The topological polar surface area (TPSA) is 83.7 Å². The van der Waals surface area contributed by atoms with E-state index in [1.807, 2.05) is 6.92 Å². The molecule has 0 saturated heterocycles. The van der Waals surface area contributed by atoms with E-state index in [1.165, 1.54) is 29.0 Å². The van der Waals surface area contributed by atoms with Crippen molar-refractivity contribution in [2.45, 2.75) is 19.9 Å². The second kappa shape index (κ2) is 7.82. The Kier molecular flexibility index (Phi) is 5.30. The second-order valence-corrected chi connectivity index (χ2v) is 5.95. The van der Waals surface area contributed by atoms with E-state index in [2.05, 4.69) is 10.5 Å². The zero-order valence-corrected chi connectivity index (χ0v) is 14.6. The number of halogens is 1. The van der Waals surface area contributed by atoms with Gasteiger partial charge in [-0.2, -0.15) is 5.10 Å². The third kappa shape index (κ3) is 3.72. The number of aromatic nitrogens is 1. The summed E-state index contributed by atoms with van der Waals surface area (Å²) in [6, 6.07) is 12.5. The third-order valence-electron chi connectivity index (χ3n) is 4.05. The van der Waals surface area contributed by atoms with Crippen molar-refractivity contribution in [2.75, 3.05) is 0 Å². The quantitative estimate of drug-likeness (QED) is 0.537. The summed E-state index contributed by atoms with van der Waals surface area (Å²) in [5, 5.41) is 14.6. The summed E-state index contributed by atoms with van der Waals surface area (Å²) in [6.07, 6.45) is 1.94. The Hall–Kier alpha value is -3.48. The Bertz CT molecular complexity index is 1090. The normalized spacial score (nSPS) is 11.2. The van der Waals surface area contributed by atoms with Crippen LogP contribution in [0, 0.1) is 5.82 Å². The van der Waals surface area contributed by atoms with Crippen LogP contribution in [0.5, 0.6) is 5.75 Å². The molecule has 0 aliphatic carbocycles. The average molecular weight is 367 g/mol. The summed E-state index contributed by atoms with van der Waals surface area (Å²) in [6.45, 7) is 2.32. The van der Waals surface area contributed by atoms with Crippen LogP contribution in [0.25, 0.3) is 10.9 Å². The van der Waals surface area contributed by atoms with Gasteiger partial charge in [0.2, 0.25) is 0 Å². The summed E-state index contributed by atoms with van der Waals surface area (Å²) in [5.74, 6) is -1.65. The van der Waals surface area contributed by atoms with Crippen LogP contribution in [0.2, 0.25) is 0 Å². The average Bonchev–Trinajstić information content (AvgIpc) is 2.65. The monoisotopic (exact) mass is 367 g/mol. The highest BCUT2D eigenvalue weighted by Gasteiger charge is 2.21. The Morgan fingerprint density at radius 2 is 2.04 bits per heavy atom. The van der Waals surface area contributed by atoms with E-state index < -0.39 is 17.3 Å². The van der Waals surface area contributed by atoms with Crippen LogP contribution in [0.15, 0.2) is 58.4 Å². The molecule has 2 aromatic carbocycles. The molecule has 0 saturated carbocycles. The molecule has 1 amide bonds. The number of para-hydroxylation sites is 1. The Labute approximate surface area is 154 Å². The van der Waals surface area contributed by atoms with Gasteiger partial charge in [-0.15, -0.1) is 0 Å². The van der Waals surface area contributed by atoms with Crippen molar-refractivity contribution in [1.29, 1.82) is 0 Å². The molecule has 1 aromatic heterocycles. The minimum Gasteiger partial charge on any atom is -0.506 e. The lowest BCUT2D eigenvalue weighted by Crippen LogP contribution is -2.31. The third-order valence-corrected chi connectivity index (χ3v) is 4.05. The number of carbonyl (C=O) groups excluding carboxylic acids is 1. The maximum Gasteiger partial charge on any atom is 0.280 e. The molecule has 0 unspecified atom stereocenters. The molecule has 0 bridgehead atoms. The lowest BCUT2D eigenvalue weighted by atomic mass is 10.1. The van der Waals surface area contributed by atoms with Gasteiger partial charge in [-0.25, -0.2) is 9.82 Å². The van der Waals surface area contributed by atoms with Gasteiger partial charge in [0.15, 0.2) is 0 Å². The number of nitrogens with zero attached hydrogens (tertiary/aromatic N) is 2. The number of fused-ring (bicyclic) bond motifs is 1. The van der Waals surface area contributed by atoms with Gasteiger partial charge in [-0.3, -0.25) is 9.59 Å². The van der Waals surface area contributed by atoms with E-state index in [1.54, 1.807) is 30.3 Å². The number of aromatic hydroxyl groups is 1. The van der Waals surface area contributed by atoms with Crippen molar-refractivity contribution in [1.82, 2.24) is 9.99 Å². The molecular formula is C20H18FN3O3. The van der Waals surface area contributed by atoms with Crippen molar-refractivity contribution >= 4 is 23.0 Å². The predicted octanol–water partition coefficient (Wildman–Crippen LogP) is 3.02. The summed E-state index contributed by atoms with van der Waals surface area (Å²) in [5.41, 5.74) is 2.25. The van der Waals surface area contributed by atoms with Crippen LogP contribution in [-0.2, 0) is 6.54 Å². The van der Waals surface area contributed by atoms with Gasteiger partial charge in [0, 0.05) is 11.9 Å². The van der Waals surface area contributed by atoms with Gasteiger partial charge in [0.25, 0.3) is 11.5 Å². The maximum absolute atomic E-state index is 13.2. The minimum absolute atomic E-state index is 0.376. The van der Waals surface area contributed by atoms with Crippen molar-refractivity contribution < 1.29 is 14.3 Å². The standard InChI is InChI=1S/C20H18FN3O3/c1-2-10-24-16-9-4-3-8-15(16)18(25)17(20(24)27)19(26)23-22-12-13-6-5-7-14(21)11-13/h3-9,11-12,25H,2,10H2,1H3,(H,23,26). The number of benzene rings is 2. The summed E-state index contributed by atoms with van der Waals surface area (Å²) in [4.78, 5) is 25.2. The molecular weight excluding hydrogens is 349 g/mol. The number of amides is 1. The van der Waals surface area contributed by atoms with Gasteiger partial charge < -0.3 is 9.67 Å². The second-order valence-electron chi connectivity index (χ2n) is 5.95. The highest BCUT2D eigenvalue weighted by Crippen LogP contribution is 2.26. The fourth-order valence-electron chi connectivity index (χ4n) is 2.85. The van der Waals surface area contributed by atoms with E-state index in [0.717, 1.165) is 0 Å².